The Kier molecular flexibility index (Phi) is 6.00. The maximum Gasteiger partial charge on any atom is 0.319 e. The van der Waals surface area contributed by atoms with Crippen LogP contribution in [0.2, 0.25) is 0 Å². The van der Waals surface area contributed by atoms with Crippen LogP contribution >= 0.6 is 0 Å². The topological polar surface area (TPSA) is 86.0 Å². The minimum Gasteiger partial charge on any atom is -0.383 e. The van der Waals surface area contributed by atoms with E-state index < -0.39 is 0 Å². The standard InChI is InChI=1S/C18H22N6O2/c1-26-9-8-24-14-17(12-21-24)22-18(25)19-11-15-4-2-5-16(10-15)13-23-7-3-6-20-23/h2-7,10,12,14H,8-9,11,13H2,1H3,(H2,19,22,25). The molecule has 0 fully saturated rings. The van der Waals surface area contributed by atoms with Gasteiger partial charge in [0.1, 0.15) is 0 Å². The van der Waals surface area contributed by atoms with Crippen molar-refractivity contribution in [3.05, 3.63) is 66.2 Å². The zero-order valence-corrected chi connectivity index (χ0v) is 14.6. The lowest BCUT2D eigenvalue weighted by Gasteiger charge is -2.08. The molecule has 0 aliphatic rings. The molecule has 0 saturated heterocycles. The summed E-state index contributed by atoms with van der Waals surface area (Å²) in [5.74, 6) is 0. The Morgan fingerprint density at radius 3 is 2.88 bits per heavy atom. The van der Waals surface area contributed by atoms with Gasteiger partial charge in [-0.15, -0.1) is 0 Å². The molecule has 8 heteroatoms. The Bertz CT molecular complexity index is 828. The van der Waals surface area contributed by atoms with Gasteiger partial charge in [0.2, 0.25) is 0 Å². The van der Waals surface area contributed by atoms with Crippen molar-refractivity contribution in [1.29, 1.82) is 0 Å². The zero-order valence-electron chi connectivity index (χ0n) is 14.6. The summed E-state index contributed by atoms with van der Waals surface area (Å²) in [6.45, 7) is 2.36. The largest absolute Gasteiger partial charge is 0.383 e. The average Bonchev–Trinajstić information content (AvgIpc) is 3.31. The van der Waals surface area contributed by atoms with Crippen molar-refractivity contribution in [3.63, 3.8) is 0 Å². The van der Waals surface area contributed by atoms with Gasteiger partial charge in [0.05, 0.1) is 31.6 Å². The van der Waals surface area contributed by atoms with E-state index in [9.17, 15) is 4.79 Å². The predicted octanol–water partition coefficient (Wildman–Crippen LogP) is 2.10. The highest BCUT2D eigenvalue weighted by atomic mass is 16.5. The molecule has 0 bridgehead atoms. The number of carbonyl (C=O) groups excluding carboxylic acids is 1. The number of ether oxygens (including phenoxy) is 1. The first-order valence-corrected chi connectivity index (χ1v) is 8.34. The minimum absolute atomic E-state index is 0.270. The third-order valence-electron chi connectivity index (χ3n) is 3.76. The van der Waals surface area contributed by atoms with Crippen molar-refractivity contribution in [3.8, 4) is 0 Å². The van der Waals surface area contributed by atoms with Gasteiger partial charge in [-0.05, 0) is 17.2 Å². The molecule has 8 nitrogen and oxygen atoms in total. The fourth-order valence-electron chi connectivity index (χ4n) is 2.51. The Balaban J connectivity index is 1.49. The Hall–Kier alpha value is -3.13. The molecular formula is C18H22N6O2. The number of carbonyl (C=O) groups is 1. The number of benzene rings is 1. The van der Waals surface area contributed by atoms with Crippen LogP contribution < -0.4 is 10.6 Å². The fourth-order valence-corrected chi connectivity index (χ4v) is 2.51. The number of hydrogen-bond acceptors (Lipinski definition) is 4. The van der Waals surface area contributed by atoms with Gasteiger partial charge < -0.3 is 15.4 Å². The summed E-state index contributed by atoms with van der Waals surface area (Å²) in [7, 11) is 1.64. The van der Waals surface area contributed by atoms with Crippen molar-refractivity contribution < 1.29 is 9.53 Å². The molecule has 0 radical (unpaired) electrons. The Morgan fingerprint density at radius 1 is 1.19 bits per heavy atom. The van der Waals surface area contributed by atoms with Gasteiger partial charge in [0.15, 0.2) is 0 Å². The second-order valence-electron chi connectivity index (χ2n) is 5.82. The van der Waals surface area contributed by atoms with E-state index in [2.05, 4.69) is 26.9 Å². The molecular weight excluding hydrogens is 332 g/mol. The highest BCUT2D eigenvalue weighted by Crippen LogP contribution is 2.08. The van der Waals surface area contributed by atoms with E-state index >= 15 is 0 Å². The number of hydrogen-bond donors (Lipinski definition) is 2. The number of anilines is 1. The van der Waals surface area contributed by atoms with Crippen LogP contribution in [0.3, 0.4) is 0 Å². The zero-order chi connectivity index (χ0) is 18.2. The van der Waals surface area contributed by atoms with E-state index in [0.717, 1.165) is 11.1 Å². The van der Waals surface area contributed by atoms with Crippen LogP contribution in [0.25, 0.3) is 0 Å². The van der Waals surface area contributed by atoms with Crippen molar-refractivity contribution >= 4 is 11.7 Å². The number of rotatable bonds is 8. The van der Waals surface area contributed by atoms with Crippen LogP contribution in [0, 0.1) is 0 Å². The molecule has 0 saturated carbocycles. The smallest absolute Gasteiger partial charge is 0.319 e. The maximum atomic E-state index is 12.1. The van der Waals surface area contributed by atoms with Gasteiger partial charge in [-0.1, -0.05) is 24.3 Å². The Labute approximate surface area is 151 Å². The van der Waals surface area contributed by atoms with Crippen LogP contribution in [0.15, 0.2) is 55.1 Å². The van der Waals surface area contributed by atoms with Crippen LogP contribution in [-0.2, 0) is 24.4 Å². The van der Waals surface area contributed by atoms with Gasteiger partial charge >= 0.3 is 6.03 Å². The van der Waals surface area contributed by atoms with Gasteiger partial charge in [-0.25, -0.2) is 4.79 Å². The lowest BCUT2D eigenvalue weighted by molar-refractivity contribution is 0.183. The highest BCUT2D eigenvalue weighted by Gasteiger charge is 2.05. The number of methoxy groups -OCH3 is 1. The molecule has 0 spiro atoms. The van der Waals surface area contributed by atoms with Gasteiger partial charge in [0.25, 0.3) is 0 Å². The van der Waals surface area contributed by atoms with Crippen molar-refractivity contribution in [2.75, 3.05) is 19.0 Å². The molecule has 1 aromatic carbocycles. The summed E-state index contributed by atoms with van der Waals surface area (Å²) in [5.41, 5.74) is 2.81. The van der Waals surface area contributed by atoms with Gasteiger partial charge in [-0.3, -0.25) is 9.36 Å². The third kappa shape index (κ3) is 5.18. The SMILES string of the molecule is COCCn1cc(NC(=O)NCc2cccc(Cn3cccn3)c2)cn1. The molecule has 2 heterocycles. The third-order valence-corrected chi connectivity index (χ3v) is 3.76. The summed E-state index contributed by atoms with van der Waals surface area (Å²) in [6, 6.07) is 9.69. The number of nitrogens with zero attached hydrogens (tertiary/aromatic N) is 4. The summed E-state index contributed by atoms with van der Waals surface area (Å²) in [5, 5.41) is 14.0. The highest BCUT2D eigenvalue weighted by molar-refractivity contribution is 5.88. The van der Waals surface area contributed by atoms with Gasteiger partial charge in [0, 0.05) is 32.2 Å². The first-order valence-electron chi connectivity index (χ1n) is 8.34. The molecule has 26 heavy (non-hydrogen) atoms. The second-order valence-corrected chi connectivity index (χ2v) is 5.82. The van der Waals surface area contributed by atoms with Gasteiger partial charge in [-0.2, -0.15) is 10.2 Å². The van der Waals surface area contributed by atoms with E-state index in [4.69, 9.17) is 4.74 Å². The predicted molar refractivity (Wildman–Crippen MR) is 97.7 cm³/mol. The molecule has 2 N–H and O–H groups in total. The summed E-state index contributed by atoms with van der Waals surface area (Å²) >= 11 is 0. The molecule has 0 aliphatic heterocycles. The lowest BCUT2D eigenvalue weighted by Crippen LogP contribution is -2.28. The molecule has 0 atom stereocenters. The number of amides is 2. The van der Waals surface area contributed by atoms with Crippen LogP contribution in [0.5, 0.6) is 0 Å². The monoisotopic (exact) mass is 354 g/mol. The van der Waals surface area contributed by atoms with E-state index in [0.29, 0.717) is 31.9 Å². The van der Waals surface area contributed by atoms with E-state index in [1.165, 1.54) is 0 Å². The quantitative estimate of drug-likeness (QED) is 0.649. The summed E-state index contributed by atoms with van der Waals surface area (Å²) < 4.78 is 8.58. The van der Waals surface area contributed by atoms with E-state index in [1.54, 1.807) is 30.4 Å². The lowest BCUT2D eigenvalue weighted by atomic mass is 10.1. The van der Waals surface area contributed by atoms with Crippen LogP contribution in [0.4, 0.5) is 10.5 Å². The molecule has 0 aliphatic carbocycles. The normalized spacial score (nSPS) is 10.7. The number of aromatic nitrogens is 4. The van der Waals surface area contributed by atoms with E-state index in [1.807, 2.05) is 35.1 Å². The minimum atomic E-state index is -0.270. The molecule has 136 valence electrons. The first-order chi connectivity index (χ1) is 12.7. The molecule has 2 amide bonds. The maximum absolute atomic E-state index is 12.1. The molecule has 3 rings (SSSR count). The summed E-state index contributed by atoms with van der Waals surface area (Å²) in [6.07, 6.45) is 7.06. The van der Waals surface area contributed by atoms with Crippen molar-refractivity contribution in [1.82, 2.24) is 24.9 Å². The number of urea groups is 1. The first kappa shape index (κ1) is 17.7. The Morgan fingerprint density at radius 2 is 2.08 bits per heavy atom. The molecule has 0 unspecified atom stereocenters. The van der Waals surface area contributed by atoms with Crippen molar-refractivity contribution in [2.45, 2.75) is 19.6 Å². The fraction of sp³-hybridized carbons (Fsp3) is 0.278. The molecule has 2 aromatic heterocycles. The average molecular weight is 354 g/mol. The second kappa shape index (κ2) is 8.82. The number of nitrogens with one attached hydrogen (secondary N) is 2. The van der Waals surface area contributed by atoms with E-state index in [-0.39, 0.29) is 6.03 Å². The summed E-state index contributed by atoms with van der Waals surface area (Å²) in [4.78, 5) is 12.1. The molecule has 3 aromatic rings. The van der Waals surface area contributed by atoms with Crippen molar-refractivity contribution in [2.24, 2.45) is 0 Å². The van der Waals surface area contributed by atoms with Crippen LogP contribution in [0.1, 0.15) is 11.1 Å². The van der Waals surface area contributed by atoms with Crippen LogP contribution in [-0.4, -0.2) is 39.3 Å².